The predicted molar refractivity (Wildman–Crippen MR) is 86.8 cm³/mol. The van der Waals surface area contributed by atoms with Crippen LogP contribution in [-0.2, 0) is 12.8 Å². The minimum Gasteiger partial charge on any atom is -0.493 e. The van der Waals surface area contributed by atoms with E-state index >= 15 is 0 Å². The summed E-state index contributed by atoms with van der Waals surface area (Å²) in [5.41, 5.74) is 2.48. The van der Waals surface area contributed by atoms with Gasteiger partial charge in [-0.1, -0.05) is 36.4 Å². The summed E-state index contributed by atoms with van der Waals surface area (Å²) in [6, 6.07) is 16.3. The van der Waals surface area contributed by atoms with Crippen LogP contribution in [0.25, 0.3) is 0 Å². The molecule has 0 saturated heterocycles. The molecule has 0 atom stereocenters. The Labute approximate surface area is 126 Å². The smallest absolute Gasteiger partial charge is 0.160 e. The van der Waals surface area contributed by atoms with Gasteiger partial charge in [0.1, 0.15) is 0 Å². The van der Waals surface area contributed by atoms with Crippen LogP contribution in [0.2, 0.25) is 0 Å². The van der Waals surface area contributed by atoms with Crippen LogP contribution in [0.5, 0.6) is 11.5 Å². The molecule has 110 valence electrons. The minimum atomic E-state index is 0.758. The molecule has 0 aromatic heterocycles. The van der Waals surface area contributed by atoms with Crippen LogP contribution in [0.4, 0.5) is 0 Å². The van der Waals surface area contributed by atoms with Crippen molar-refractivity contribution < 1.29 is 9.47 Å². The monoisotopic (exact) mass is 283 g/mol. The molecule has 3 nitrogen and oxygen atoms in total. The topological polar surface area (TPSA) is 30.8 Å². The molecule has 0 unspecified atom stereocenters. The molecule has 0 heterocycles. The van der Waals surface area contributed by atoms with Gasteiger partial charge in [-0.05, 0) is 29.7 Å². The maximum Gasteiger partial charge on any atom is 0.160 e. The van der Waals surface area contributed by atoms with Crippen LogP contribution in [0, 0.1) is 0 Å². The molecule has 0 bridgehead atoms. The summed E-state index contributed by atoms with van der Waals surface area (Å²) in [5.74, 6) is 1.53. The SMILES string of the molecule is COc1ccc(CCN=CCc2ccccc2)cc1OC. The Morgan fingerprint density at radius 3 is 2.38 bits per heavy atom. The highest BCUT2D eigenvalue weighted by Crippen LogP contribution is 2.27. The molecule has 0 radical (unpaired) electrons. The first-order valence-electron chi connectivity index (χ1n) is 7.06. The lowest BCUT2D eigenvalue weighted by Crippen LogP contribution is -1.95. The summed E-state index contributed by atoms with van der Waals surface area (Å²) < 4.78 is 10.5. The van der Waals surface area contributed by atoms with Crippen molar-refractivity contribution >= 4 is 6.21 Å². The summed E-state index contributed by atoms with van der Waals surface area (Å²) in [4.78, 5) is 4.46. The average Bonchev–Trinajstić information content (AvgIpc) is 2.55. The molecule has 0 aliphatic heterocycles. The zero-order valence-corrected chi connectivity index (χ0v) is 12.6. The van der Waals surface area contributed by atoms with E-state index in [0.29, 0.717) is 0 Å². The molecule has 0 fully saturated rings. The third-order valence-electron chi connectivity index (χ3n) is 3.28. The highest BCUT2D eigenvalue weighted by molar-refractivity contribution is 5.61. The third kappa shape index (κ3) is 4.63. The van der Waals surface area contributed by atoms with E-state index in [4.69, 9.17) is 9.47 Å². The molecule has 2 aromatic rings. The van der Waals surface area contributed by atoms with Crippen LogP contribution in [0.3, 0.4) is 0 Å². The van der Waals surface area contributed by atoms with Crippen molar-refractivity contribution in [2.45, 2.75) is 12.8 Å². The van der Waals surface area contributed by atoms with E-state index in [9.17, 15) is 0 Å². The number of aliphatic imine (C=N–C) groups is 1. The molecule has 2 aromatic carbocycles. The van der Waals surface area contributed by atoms with E-state index in [1.807, 2.05) is 42.6 Å². The van der Waals surface area contributed by atoms with Gasteiger partial charge in [-0.3, -0.25) is 4.99 Å². The summed E-state index contributed by atoms with van der Waals surface area (Å²) in [6.45, 7) is 0.780. The normalized spacial score (nSPS) is 10.8. The van der Waals surface area contributed by atoms with Crippen LogP contribution >= 0.6 is 0 Å². The highest BCUT2D eigenvalue weighted by atomic mass is 16.5. The second-order valence-corrected chi connectivity index (χ2v) is 4.72. The average molecular weight is 283 g/mol. The quantitative estimate of drug-likeness (QED) is 0.727. The van der Waals surface area contributed by atoms with Gasteiger partial charge in [0.15, 0.2) is 11.5 Å². The van der Waals surface area contributed by atoms with Crippen molar-refractivity contribution in [3.8, 4) is 11.5 Å². The van der Waals surface area contributed by atoms with E-state index in [-0.39, 0.29) is 0 Å². The second-order valence-electron chi connectivity index (χ2n) is 4.72. The van der Waals surface area contributed by atoms with Crippen molar-refractivity contribution in [2.75, 3.05) is 20.8 Å². The molecule has 3 heteroatoms. The molecule has 0 aliphatic carbocycles. The largest absolute Gasteiger partial charge is 0.493 e. The van der Waals surface area contributed by atoms with Crippen molar-refractivity contribution in [1.82, 2.24) is 0 Å². The van der Waals surface area contributed by atoms with Gasteiger partial charge in [0.25, 0.3) is 0 Å². The highest BCUT2D eigenvalue weighted by Gasteiger charge is 2.03. The fourth-order valence-corrected chi connectivity index (χ4v) is 2.11. The molecule has 21 heavy (non-hydrogen) atoms. The van der Waals surface area contributed by atoms with Crippen LogP contribution < -0.4 is 9.47 Å². The van der Waals surface area contributed by atoms with E-state index in [1.165, 1.54) is 11.1 Å². The zero-order chi connectivity index (χ0) is 14.9. The fraction of sp³-hybridized carbons (Fsp3) is 0.278. The van der Waals surface area contributed by atoms with Gasteiger partial charge in [0.05, 0.1) is 14.2 Å². The Hall–Kier alpha value is -2.29. The molecule has 2 rings (SSSR count). The molecule has 0 amide bonds. The molecule has 0 saturated carbocycles. The van der Waals surface area contributed by atoms with E-state index < -0.39 is 0 Å². The van der Waals surface area contributed by atoms with Crippen molar-refractivity contribution in [3.05, 3.63) is 59.7 Å². The Bertz CT molecular complexity index is 579. The second kappa shape index (κ2) is 8.10. The Kier molecular flexibility index (Phi) is 5.83. The molecular formula is C18H21NO2. The van der Waals surface area contributed by atoms with Gasteiger partial charge in [0, 0.05) is 19.2 Å². The molecule has 0 spiro atoms. The Balaban J connectivity index is 1.83. The summed E-state index contributed by atoms with van der Waals surface area (Å²) in [5, 5.41) is 0. The van der Waals surface area contributed by atoms with E-state index in [0.717, 1.165) is 30.9 Å². The number of rotatable bonds is 7. The molecule has 0 aliphatic rings. The van der Waals surface area contributed by atoms with E-state index in [1.54, 1.807) is 14.2 Å². The lowest BCUT2D eigenvalue weighted by molar-refractivity contribution is 0.354. The first-order valence-corrected chi connectivity index (χ1v) is 7.06. The van der Waals surface area contributed by atoms with Gasteiger partial charge in [-0.2, -0.15) is 0 Å². The number of hydrogen-bond donors (Lipinski definition) is 0. The van der Waals surface area contributed by atoms with Crippen molar-refractivity contribution in [3.63, 3.8) is 0 Å². The molecule has 0 N–H and O–H groups in total. The zero-order valence-electron chi connectivity index (χ0n) is 12.6. The minimum absolute atomic E-state index is 0.758. The van der Waals surface area contributed by atoms with Gasteiger partial charge < -0.3 is 9.47 Å². The third-order valence-corrected chi connectivity index (χ3v) is 3.28. The predicted octanol–water partition coefficient (Wildman–Crippen LogP) is 3.56. The maximum atomic E-state index is 5.30. The Morgan fingerprint density at radius 2 is 1.67 bits per heavy atom. The number of nitrogens with zero attached hydrogens (tertiary/aromatic N) is 1. The van der Waals surface area contributed by atoms with Crippen molar-refractivity contribution in [1.29, 1.82) is 0 Å². The summed E-state index contributed by atoms with van der Waals surface area (Å²) in [6.07, 6.45) is 3.76. The standard InChI is InChI=1S/C18H21NO2/c1-20-17-9-8-16(14-18(17)21-2)11-13-19-12-10-15-6-4-3-5-7-15/h3-9,12,14H,10-11,13H2,1-2H3. The fourth-order valence-electron chi connectivity index (χ4n) is 2.11. The first-order chi connectivity index (χ1) is 10.3. The summed E-state index contributed by atoms with van der Waals surface area (Å²) in [7, 11) is 3.30. The van der Waals surface area contributed by atoms with Gasteiger partial charge in [-0.15, -0.1) is 0 Å². The lowest BCUT2D eigenvalue weighted by atomic mass is 10.1. The lowest BCUT2D eigenvalue weighted by Gasteiger charge is -2.08. The van der Waals surface area contributed by atoms with Crippen LogP contribution in [-0.4, -0.2) is 27.0 Å². The Morgan fingerprint density at radius 1 is 0.905 bits per heavy atom. The number of methoxy groups -OCH3 is 2. The summed E-state index contributed by atoms with van der Waals surface area (Å²) >= 11 is 0. The van der Waals surface area contributed by atoms with Gasteiger partial charge in [-0.25, -0.2) is 0 Å². The maximum absolute atomic E-state index is 5.30. The van der Waals surface area contributed by atoms with Crippen LogP contribution in [0.15, 0.2) is 53.5 Å². The van der Waals surface area contributed by atoms with Crippen LogP contribution in [0.1, 0.15) is 11.1 Å². The van der Waals surface area contributed by atoms with E-state index in [2.05, 4.69) is 17.1 Å². The van der Waals surface area contributed by atoms with Gasteiger partial charge >= 0.3 is 0 Å². The van der Waals surface area contributed by atoms with Gasteiger partial charge in [0.2, 0.25) is 0 Å². The number of hydrogen-bond acceptors (Lipinski definition) is 3. The number of ether oxygens (including phenoxy) is 2. The first kappa shape index (κ1) is 15.1. The van der Waals surface area contributed by atoms with Crippen molar-refractivity contribution in [2.24, 2.45) is 4.99 Å². The molecular weight excluding hydrogens is 262 g/mol. The number of benzene rings is 2.